The molecule has 0 fully saturated rings. The van der Waals surface area contributed by atoms with E-state index in [-0.39, 0.29) is 18.6 Å². The van der Waals surface area contributed by atoms with E-state index in [4.69, 9.17) is 5.11 Å². The monoisotopic (exact) mass is 277 g/mol. The highest BCUT2D eigenvalue weighted by molar-refractivity contribution is 5.94. The van der Waals surface area contributed by atoms with Gasteiger partial charge in [0.15, 0.2) is 0 Å². The van der Waals surface area contributed by atoms with Crippen molar-refractivity contribution < 1.29 is 9.90 Å². The number of nitrogens with zero attached hydrogens (tertiary/aromatic N) is 1. The predicted molar refractivity (Wildman–Crippen MR) is 82.9 cm³/mol. The van der Waals surface area contributed by atoms with E-state index in [1.54, 1.807) is 0 Å². The van der Waals surface area contributed by atoms with Gasteiger partial charge in [0, 0.05) is 24.8 Å². The van der Waals surface area contributed by atoms with Crippen LogP contribution in [0.2, 0.25) is 0 Å². The molecule has 1 N–H and O–H groups in total. The van der Waals surface area contributed by atoms with Crippen LogP contribution in [0.15, 0.2) is 24.3 Å². The summed E-state index contributed by atoms with van der Waals surface area (Å²) in [6, 6.07) is 8.08. The third-order valence-electron chi connectivity index (χ3n) is 3.46. The van der Waals surface area contributed by atoms with Crippen LogP contribution in [0.5, 0.6) is 0 Å². The number of carbonyl (C=O) groups is 1. The second kappa shape index (κ2) is 8.75. The zero-order valence-electron chi connectivity index (χ0n) is 12.9. The number of carbonyl (C=O) groups excluding carboxylic acids is 1. The predicted octanol–water partition coefficient (Wildman–Crippen LogP) is 3.26. The van der Waals surface area contributed by atoms with E-state index in [1.807, 2.05) is 43.0 Å². The molecule has 0 bridgehead atoms. The fourth-order valence-electron chi connectivity index (χ4n) is 2.20. The number of amides is 1. The molecule has 20 heavy (non-hydrogen) atoms. The maximum atomic E-state index is 12.5. The lowest BCUT2D eigenvalue weighted by atomic mass is 10.1. The SMILES string of the molecule is CCCCc1ccc(C(=O)N(CCCO)C(C)C)cc1. The molecule has 0 aliphatic carbocycles. The highest BCUT2D eigenvalue weighted by Gasteiger charge is 2.17. The third-order valence-corrected chi connectivity index (χ3v) is 3.46. The molecule has 0 spiro atoms. The first-order chi connectivity index (χ1) is 9.60. The first-order valence-electron chi connectivity index (χ1n) is 7.61. The largest absolute Gasteiger partial charge is 0.396 e. The number of aliphatic hydroxyl groups is 1. The normalized spacial score (nSPS) is 10.8. The van der Waals surface area contributed by atoms with Crippen molar-refractivity contribution in [3.63, 3.8) is 0 Å². The average Bonchev–Trinajstić information content (AvgIpc) is 2.45. The minimum atomic E-state index is 0.0514. The smallest absolute Gasteiger partial charge is 0.254 e. The van der Waals surface area contributed by atoms with Crippen molar-refractivity contribution in [2.24, 2.45) is 0 Å². The first-order valence-corrected chi connectivity index (χ1v) is 7.61. The summed E-state index contributed by atoms with van der Waals surface area (Å²) in [5.41, 5.74) is 2.02. The van der Waals surface area contributed by atoms with Crippen LogP contribution in [0.25, 0.3) is 0 Å². The molecule has 0 aliphatic rings. The molecule has 1 aromatic carbocycles. The molecule has 0 radical (unpaired) electrons. The number of hydrogen-bond donors (Lipinski definition) is 1. The lowest BCUT2D eigenvalue weighted by Gasteiger charge is -2.26. The summed E-state index contributed by atoms with van der Waals surface area (Å²) in [6.07, 6.45) is 4.06. The van der Waals surface area contributed by atoms with Gasteiger partial charge in [-0.05, 0) is 50.8 Å². The zero-order chi connectivity index (χ0) is 15.0. The van der Waals surface area contributed by atoms with Crippen molar-refractivity contribution in [2.45, 2.75) is 52.5 Å². The van der Waals surface area contributed by atoms with E-state index in [1.165, 1.54) is 18.4 Å². The van der Waals surface area contributed by atoms with Crippen molar-refractivity contribution in [1.29, 1.82) is 0 Å². The molecule has 0 saturated carbocycles. The fourth-order valence-corrected chi connectivity index (χ4v) is 2.20. The maximum absolute atomic E-state index is 12.5. The number of unbranched alkanes of at least 4 members (excludes halogenated alkanes) is 1. The molecule has 1 amide bonds. The van der Waals surface area contributed by atoms with E-state index in [0.29, 0.717) is 13.0 Å². The second-order valence-corrected chi connectivity index (χ2v) is 5.47. The summed E-state index contributed by atoms with van der Waals surface area (Å²) in [4.78, 5) is 14.3. The molecule has 3 nitrogen and oxygen atoms in total. The Balaban J connectivity index is 2.73. The van der Waals surface area contributed by atoms with Crippen LogP contribution in [-0.2, 0) is 6.42 Å². The van der Waals surface area contributed by atoms with Gasteiger partial charge in [-0.1, -0.05) is 25.5 Å². The molecule has 0 heterocycles. The summed E-state index contributed by atoms with van der Waals surface area (Å²) < 4.78 is 0. The molecule has 0 saturated heterocycles. The molecule has 0 unspecified atom stereocenters. The molecule has 1 rings (SSSR count). The van der Waals surface area contributed by atoms with Gasteiger partial charge in [0.25, 0.3) is 5.91 Å². The van der Waals surface area contributed by atoms with Gasteiger partial charge in [-0.15, -0.1) is 0 Å². The first kappa shape index (κ1) is 16.7. The van der Waals surface area contributed by atoms with Crippen molar-refractivity contribution >= 4 is 5.91 Å². The van der Waals surface area contributed by atoms with Gasteiger partial charge in [0.2, 0.25) is 0 Å². The van der Waals surface area contributed by atoms with Crippen LogP contribution in [0.1, 0.15) is 56.0 Å². The van der Waals surface area contributed by atoms with Gasteiger partial charge >= 0.3 is 0 Å². The van der Waals surface area contributed by atoms with Crippen molar-refractivity contribution in [2.75, 3.05) is 13.2 Å². The molecule has 0 atom stereocenters. The van der Waals surface area contributed by atoms with E-state index in [9.17, 15) is 4.79 Å². The average molecular weight is 277 g/mol. The van der Waals surface area contributed by atoms with E-state index in [0.717, 1.165) is 12.0 Å². The highest BCUT2D eigenvalue weighted by atomic mass is 16.3. The van der Waals surface area contributed by atoms with Gasteiger partial charge in [0.05, 0.1) is 0 Å². The number of aryl methyl sites for hydroxylation is 1. The standard InChI is InChI=1S/C17H27NO2/c1-4-5-7-15-8-10-16(11-9-15)17(20)18(14(2)3)12-6-13-19/h8-11,14,19H,4-7,12-13H2,1-3H3. The number of benzene rings is 1. The summed E-state index contributed by atoms with van der Waals surface area (Å²) in [6.45, 7) is 6.91. The molecular formula is C17H27NO2. The summed E-state index contributed by atoms with van der Waals surface area (Å²) in [5, 5.41) is 8.93. The van der Waals surface area contributed by atoms with Gasteiger partial charge in [-0.25, -0.2) is 0 Å². The molecule has 112 valence electrons. The quantitative estimate of drug-likeness (QED) is 0.792. The summed E-state index contributed by atoms with van der Waals surface area (Å²) >= 11 is 0. The van der Waals surface area contributed by atoms with Crippen LogP contribution in [-0.4, -0.2) is 35.1 Å². The van der Waals surface area contributed by atoms with Crippen LogP contribution >= 0.6 is 0 Å². The van der Waals surface area contributed by atoms with Crippen LogP contribution in [0.4, 0.5) is 0 Å². The van der Waals surface area contributed by atoms with Crippen LogP contribution in [0, 0.1) is 0 Å². The van der Waals surface area contributed by atoms with Gasteiger partial charge in [-0.3, -0.25) is 4.79 Å². The zero-order valence-corrected chi connectivity index (χ0v) is 12.9. The van der Waals surface area contributed by atoms with E-state index in [2.05, 4.69) is 6.92 Å². The molecule has 0 aliphatic heterocycles. The van der Waals surface area contributed by atoms with Crippen LogP contribution < -0.4 is 0 Å². The van der Waals surface area contributed by atoms with Crippen molar-refractivity contribution in [3.05, 3.63) is 35.4 Å². The Kier molecular flexibility index (Phi) is 7.31. The molecule has 3 heteroatoms. The molecule has 0 aromatic heterocycles. The lowest BCUT2D eigenvalue weighted by Crippen LogP contribution is -2.38. The third kappa shape index (κ3) is 4.97. The Morgan fingerprint density at radius 3 is 2.35 bits per heavy atom. The van der Waals surface area contributed by atoms with E-state index < -0.39 is 0 Å². The number of rotatable bonds is 8. The second-order valence-electron chi connectivity index (χ2n) is 5.47. The van der Waals surface area contributed by atoms with Crippen LogP contribution in [0.3, 0.4) is 0 Å². The fraction of sp³-hybridized carbons (Fsp3) is 0.588. The Bertz CT molecular complexity index is 398. The topological polar surface area (TPSA) is 40.5 Å². The van der Waals surface area contributed by atoms with E-state index >= 15 is 0 Å². The Hall–Kier alpha value is -1.35. The number of aliphatic hydroxyl groups excluding tert-OH is 1. The Morgan fingerprint density at radius 1 is 1.20 bits per heavy atom. The summed E-state index contributed by atoms with van der Waals surface area (Å²) in [7, 11) is 0. The van der Waals surface area contributed by atoms with Gasteiger partial charge < -0.3 is 10.0 Å². The Labute approximate surface area is 122 Å². The Morgan fingerprint density at radius 2 is 1.85 bits per heavy atom. The number of hydrogen-bond acceptors (Lipinski definition) is 2. The minimum absolute atomic E-state index is 0.0514. The van der Waals surface area contributed by atoms with Crippen molar-refractivity contribution in [3.8, 4) is 0 Å². The molecule has 1 aromatic rings. The van der Waals surface area contributed by atoms with Gasteiger partial charge in [0.1, 0.15) is 0 Å². The lowest BCUT2D eigenvalue weighted by molar-refractivity contribution is 0.0693. The van der Waals surface area contributed by atoms with Gasteiger partial charge in [-0.2, -0.15) is 0 Å². The van der Waals surface area contributed by atoms with Crippen molar-refractivity contribution in [1.82, 2.24) is 4.90 Å². The minimum Gasteiger partial charge on any atom is -0.396 e. The maximum Gasteiger partial charge on any atom is 0.254 e. The summed E-state index contributed by atoms with van der Waals surface area (Å²) in [5.74, 6) is 0.0514. The molecular weight excluding hydrogens is 250 g/mol. The highest BCUT2D eigenvalue weighted by Crippen LogP contribution is 2.12.